The number of hydrogen-bond acceptors (Lipinski definition) is 6. The van der Waals surface area contributed by atoms with Crippen LogP contribution in [-0.2, 0) is 17.3 Å². The lowest BCUT2D eigenvalue weighted by atomic mass is 10.2. The molecule has 0 saturated heterocycles. The van der Waals surface area contributed by atoms with Crippen molar-refractivity contribution in [2.24, 2.45) is 7.05 Å². The number of aryl methyl sites for hydroxylation is 1. The number of carboxylic acid groups (broad SMARTS) is 1. The van der Waals surface area contributed by atoms with E-state index in [9.17, 15) is 13.2 Å². The van der Waals surface area contributed by atoms with Crippen LogP contribution in [0.1, 0.15) is 12.8 Å². The topological polar surface area (TPSA) is 151 Å². The van der Waals surface area contributed by atoms with Gasteiger partial charge in [0, 0.05) is 13.1 Å². The van der Waals surface area contributed by atoms with E-state index < -0.39 is 16.3 Å². The molecular formula is C12H15N7O4S. The van der Waals surface area contributed by atoms with Gasteiger partial charge in [0.15, 0.2) is 11.5 Å². The van der Waals surface area contributed by atoms with Gasteiger partial charge in [0.25, 0.3) is 10.2 Å². The molecule has 2 aromatic heterocycles. The number of aromatic nitrogens is 4. The van der Waals surface area contributed by atoms with Gasteiger partial charge in [0.1, 0.15) is 0 Å². The summed E-state index contributed by atoms with van der Waals surface area (Å²) in [6.07, 6.45) is 1.74. The second-order valence-electron chi connectivity index (χ2n) is 5.27. The highest BCUT2D eigenvalue weighted by atomic mass is 32.2. The maximum absolute atomic E-state index is 11.8. The molecular weight excluding hydrogens is 338 g/mol. The van der Waals surface area contributed by atoms with E-state index in [-0.39, 0.29) is 23.2 Å². The van der Waals surface area contributed by atoms with Crippen molar-refractivity contribution in [1.29, 1.82) is 0 Å². The Bertz CT molecular complexity index is 858. The Morgan fingerprint density at radius 3 is 2.71 bits per heavy atom. The molecule has 11 nitrogen and oxygen atoms in total. The average molecular weight is 353 g/mol. The molecule has 1 fully saturated rings. The first-order chi connectivity index (χ1) is 11.3. The van der Waals surface area contributed by atoms with Gasteiger partial charge in [0.2, 0.25) is 0 Å². The molecule has 128 valence electrons. The van der Waals surface area contributed by atoms with Crippen molar-refractivity contribution in [2.75, 3.05) is 10.0 Å². The third kappa shape index (κ3) is 3.78. The maximum Gasteiger partial charge on any atom is 0.410 e. The molecule has 0 radical (unpaired) electrons. The second kappa shape index (κ2) is 6.05. The zero-order chi connectivity index (χ0) is 17.3. The summed E-state index contributed by atoms with van der Waals surface area (Å²) in [4.78, 5) is 14.9. The fourth-order valence-corrected chi connectivity index (χ4v) is 3.14. The molecule has 0 atom stereocenters. The van der Waals surface area contributed by atoms with E-state index in [2.05, 4.69) is 30.1 Å². The molecule has 0 bridgehead atoms. The fraction of sp³-hybridized carbons (Fsp3) is 0.333. The van der Waals surface area contributed by atoms with Crippen LogP contribution in [0.5, 0.6) is 0 Å². The monoisotopic (exact) mass is 353 g/mol. The van der Waals surface area contributed by atoms with Crippen LogP contribution in [-0.4, -0.2) is 45.6 Å². The number of nitrogens with zero attached hydrogens (tertiary/aromatic N) is 4. The number of hydrogen-bond donors (Lipinski definition) is 4. The molecule has 2 heterocycles. The van der Waals surface area contributed by atoms with Crippen LogP contribution in [0.15, 0.2) is 18.3 Å². The number of rotatable bonds is 6. The van der Waals surface area contributed by atoms with Gasteiger partial charge in [-0.15, -0.1) is 5.10 Å². The molecule has 1 amide bonds. The molecule has 3 rings (SSSR count). The van der Waals surface area contributed by atoms with E-state index in [0.29, 0.717) is 5.69 Å². The van der Waals surface area contributed by atoms with Gasteiger partial charge in [-0.05, 0) is 25.0 Å². The maximum atomic E-state index is 11.8. The molecule has 0 aliphatic heterocycles. The third-order valence-corrected chi connectivity index (χ3v) is 4.36. The normalized spacial score (nSPS) is 14.4. The second-order valence-corrected chi connectivity index (χ2v) is 6.72. The number of amides is 1. The van der Waals surface area contributed by atoms with E-state index in [0.717, 1.165) is 12.8 Å². The molecule has 1 aliphatic rings. The van der Waals surface area contributed by atoms with E-state index in [4.69, 9.17) is 5.11 Å². The van der Waals surface area contributed by atoms with E-state index in [1.54, 1.807) is 0 Å². The third-order valence-electron chi connectivity index (χ3n) is 3.21. The molecule has 2 aromatic rings. The zero-order valence-electron chi connectivity index (χ0n) is 12.6. The average Bonchev–Trinajstić information content (AvgIpc) is 3.22. The van der Waals surface area contributed by atoms with Crippen LogP contribution in [0, 0.1) is 0 Å². The molecule has 12 heteroatoms. The minimum absolute atomic E-state index is 0.000947. The molecule has 1 aliphatic carbocycles. The smallest absolute Gasteiger partial charge is 0.410 e. The zero-order valence-corrected chi connectivity index (χ0v) is 13.4. The number of carbonyl (C=O) groups is 1. The summed E-state index contributed by atoms with van der Waals surface area (Å²) < 4.78 is 29.8. The van der Waals surface area contributed by atoms with Crippen LogP contribution in [0.2, 0.25) is 0 Å². The summed E-state index contributed by atoms with van der Waals surface area (Å²) in [7, 11) is -2.10. The van der Waals surface area contributed by atoms with Crippen LogP contribution in [0.3, 0.4) is 0 Å². The van der Waals surface area contributed by atoms with Crippen molar-refractivity contribution in [3.63, 3.8) is 0 Å². The standard InChI is InChI=1S/C12H15N7O4S/c1-19-11(14-12(20)21)10(15-18-19)9-5-4-8(6-13-9)17-24(22,23)16-7-2-3-7/h4-7,14,16-17H,2-3H2,1H3,(H,20,21). The van der Waals surface area contributed by atoms with Crippen molar-refractivity contribution in [2.45, 2.75) is 18.9 Å². The highest BCUT2D eigenvalue weighted by molar-refractivity contribution is 7.90. The minimum atomic E-state index is -3.63. The Morgan fingerprint density at radius 1 is 1.38 bits per heavy atom. The first-order valence-corrected chi connectivity index (χ1v) is 8.48. The first-order valence-electron chi connectivity index (χ1n) is 7.00. The number of pyridine rings is 1. The van der Waals surface area contributed by atoms with Gasteiger partial charge in [-0.3, -0.25) is 15.0 Å². The Kier molecular flexibility index (Phi) is 4.07. The van der Waals surface area contributed by atoms with Crippen LogP contribution in [0.25, 0.3) is 11.4 Å². The predicted octanol–water partition coefficient (Wildman–Crippen LogP) is 0.376. The Balaban J connectivity index is 1.78. The van der Waals surface area contributed by atoms with E-state index in [1.807, 2.05) is 0 Å². The lowest BCUT2D eigenvalue weighted by Crippen LogP contribution is -2.31. The molecule has 0 spiro atoms. The van der Waals surface area contributed by atoms with E-state index >= 15 is 0 Å². The van der Waals surface area contributed by atoms with Gasteiger partial charge in [-0.25, -0.2) is 9.48 Å². The van der Waals surface area contributed by atoms with Crippen LogP contribution < -0.4 is 14.8 Å². The quantitative estimate of drug-likeness (QED) is 0.586. The summed E-state index contributed by atoms with van der Waals surface area (Å²) in [5, 5.41) is 18.7. The summed E-state index contributed by atoms with van der Waals surface area (Å²) in [5.41, 5.74) is 0.874. The highest BCUT2D eigenvalue weighted by Crippen LogP contribution is 2.24. The van der Waals surface area contributed by atoms with Crippen molar-refractivity contribution in [3.05, 3.63) is 18.3 Å². The largest absolute Gasteiger partial charge is 0.465 e. The minimum Gasteiger partial charge on any atom is -0.465 e. The Labute approximate surface area is 137 Å². The van der Waals surface area contributed by atoms with Crippen molar-refractivity contribution in [3.8, 4) is 11.4 Å². The van der Waals surface area contributed by atoms with Gasteiger partial charge < -0.3 is 5.11 Å². The molecule has 0 unspecified atom stereocenters. The van der Waals surface area contributed by atoms with Crippen molar-refractivity contribution >= 4 is 27.8 Å². The lowest BCUT2D eigenvalue weighted by molar-refractivity contribution is 0.209. The van der Waals surface area contributed by atoms with Crippen LogP contribution in [0.4, 0.5) is 16.3 Å². The van der Waals surface area contributed by atoms with Gasteiger partial charge in [-0.2, -0.15) is 13.1 Å². The molecule has 4 N–H and O–H groups in total. The molecule has 0 aromatic carbocycles. The summed E-state index contributed by atoms with van der Waals surface area (Å²) >= 11 is 0. The fourth-order valence-electron chi connectivity index (χ4n) is 1.97. The Morgan fingerprint density at radius 2 is 2.12 bits per heavy atom. The number of anilines is 2. The van der Waals surface area contributed by atoms with Gasteiger partial charge in [-0.1, -0.05) is 5.21 Å². The first kappa shape index (κ1) is 16.1. The Hall–Kier alpha value is -2.73. The highest BCUT2D eigenvalue weighted by Gasteiger charge is 2.26. The van der Waals surface area contributed by atoms with Crippen molar-refractivity contribution < 1.29 is 18.3 Å². The van der Waals surface area contributed by atoms with Gasteiger partial charge >= 0.3 is 6.09 Å². The van der Waals surface area contributed by atoms with E-state index in [1.165, 1.54) is 30.1 Å². The number of nitrogens with one attached hydrogen (secondary N) is 3. The predicted molar refractivity (Wildman–Crippen MR) is 84.6 cm³/mol. The summed E-state index contributed by atoms with van der Waals surface area (Å²) in [6, 6.07) is 3.03. The van der Waals surface area contributed by atoms with Gasteiger partial charge in [0.05, 0.1) is 17.6 Å². The summed E-state index contributed by atoms with van der Waals surface area (Å²) in [6.45, 7) is 0. The lowest BCUT2D eigenvalue weighted by Gasteiger charge is -2.08. The molecule has 24 heavy (non-hydrogen) atoms. The summed E-state index contributed by atoms with van der Waals surface area (Å²) in [5.74, 6) is 0.165. The SMILES string of the molecule is Cn1nnc(-c2ccc(NS(=O)(=O)NC3CC3)cn2)c1NC(=O)O. The van der Waals surface area contributed by atoms with Crippen molar-refractivity contribution in [1.82, 2.24) is 24.7 Å². The van der Waals surface area contributed by atoms with Crippen LogP contribution >= 0.6 is 0 Å². The molecule has 1 saturated carbocycles.